The second-order valence-electron chi connectivity index (χ2n) is 4.56. The normalized spacial score (nSPS) is 10.0. The molecular formula is C17H18N2O2. The summed E-state index contributed by atoms with van der Waals surface area (Å²) >= 11 is 0. The third-order valence-corrected chi connectivity index (χ3v) is 2.98. The monoisotopic (exact) mass is 282 g/mol. The first-order valence-corrected chi connectivity index (χ1v) is 6.98. The molecule has 0 atom stereocenters. The van der Waals surface area contributed by atoms with Crippen molar-refractivity contribution in [3.63, 3.8) is 0 Å². The summed E-state index contributed by atoms with van der Waals surface area (Å²) in [5, 5.41) is 8.69. The third kappa shape index (κ3) is 5.64. The van der Waals surface area contributed by atoms with Gasteiger partial charge in [-0.2, -0.15) is 5.26 Å². The number of aryl methyl sites for hydroxylation is 1. The largest absolute Gasteiger partial charge is 0.491 e. The molecule has 1 aromatic carbocycles. The Hall–Kier alpha value is -2.38. The summed E-state index contributed by atoms with van der Waals surface area (Å²) in [4.78, 5) is 3.99. The predicted molar refractivity (Wildman–Crippen MR) is 80.0 cm³/mol. The molecule has 0 saturated heterocycles. The number of pyridine rings is 1. The summed E-state index contributed by atoms with van der Waals surface area (Å²) in [7, 11) is 0. The molecule has 0 bridgehead atoms. The van der Waals surface area contributed by atoms with Crippen molar-refractivity contribution in [1.29, 1.82) is 5.26 Å². The summed E-state index contributed by atoms with van der Waals surface area (Å²) in [6, 6.07) is 13.2. The van der Waals surface area contributed by atoms with Crippen LogP contribution in [0.2, 0.25) is 0 Å². The van der Waals surface area contributed by atoms with Crippen LogP contribution < -0.4 is 4.74 Å². The Morgan fingerprint density at radius 3 is 2.43 bits per heavy atom. The van der Waals surface area contributed by atoms with E-state index in [1.165, 1.54) is 5.56 Å². The molecule has 0 radical (unpaired) electrons. The van der Waals surface area contributed by atoms with Gasteiger partial charge in [0.2, 0.25) is 0 Å². The van der Waals surface area contributed by atoms with Gasteiger partial charge in [0.25, 0.3) is 0 Å². The molecule has 0 aliphatic rings. The number of nitrogens with zero attached hydrogens (tertiary/aromatic N) is 2. The van der Waals surface area contributed by atoms with Crippen molar-refractivity contribution in [1.82, 2.24) is 4.98 Å². The maximum atomic E-state index is 8.69. The van der Waals surface area contributed by atoms with Gasteiger partial charge in [-0.3, -0.25) is 4.98 Å². The van der Waals surface area contributed by atoms with Crippen LogP contribution in [0.4, 0.5) is 0 Å². The lowest BCUT2D eigenvalue weighted by molar-refractivity contribution is 0.0985. The fourth-order valence-corrected chi connectivity index (χ4v) is 1.87. The topological polar surface area (TPSA) is 55.1 Å². The molecule has 108 valence electrons. The second kappa shape index (κ2) is 8.72. The Bertz CT molecular complexity index is 562. The quantitative estimate of drug-likeness (QED) is 0.698. The van der Waals surface area contributed by atoms with Crippen molar-refractivity contribution >= 4 is 0 Å². The minimum Gasteiger partial charge on any atom is -0.491 e. The van der Waals surface area contributed by atoms with Gasteiger partial charge >= 0.3 is 0 Å². The minimum absolute atomic E-state index is 0.515. The van der Waals surface area contributed by atoms with E-state index in [-0.39, 0.29) is 0 Å². The number of aromatic nitrogens is 1. The van der Waals surface area contributed by atoms with Crippen LogP contribution in [0.5, 0.6) is 5.75 Å². The molecule has 0 aliphatic heterocycles. The first kappa shape index (κ1) is 15.0. The SMILES string of the molecule is N#Cc1ccc(OCCOCCCc2ccncc2)cc1. The zero-order valence-electron chi connectivity index (χ0n) is 11.9. The fourth-order valence-electron chi connectivity index (χ4n) is 1.87. The summed E-state index contributed by atoms with van der Waals surface area (Å²) < 4.78 is 11.1. The number of ether oxygens (including phenoxy) is 2. The molecule has 2 rings (SSSR count). The van der Waals surface area contributed by atoms with Crippen LogP contribution in [0.1, 0.15) is 17.5 Å². The summed E-state index contributed by atoms with van der Waals surface area (Å²) in [5.41, 5.74) is 1.91. The molecule has 4 nitrogen and oxygen atoms in total. The minimum atomic E-state index is 0.515. The summed E-state index contributed by atoms with van der Waals surface area (Å²) in [6.07, 6.45) is 5.60. The number of benzene rings is 1. The van der Waals surface area contributed by atoms with Crippen molar-refractivity contribution in [2.45, 2.75) is 12.8 Å². The maximum absolute atomic E-state index is 8.69. The molecule has 0 unspecified atom stereocenters. The number of hydrogen-bond acceptors (Lipinski definition) is 4. The van der Waals surface area contributed by atoms with E-state index in [1.54, 1.807) is 24.3 Å². The van der Waals surface area contributed by atoms with Crippen LogP contribution in [-0.2, 0) is 11.2 Å². The van der Waals surface area contributed by atoms with E-state index in [2.05, 4.69) is 11.1 Å². The first-order chi connectivity index (χ1) is 10.4. The molecule has 0 amide bonds. The van der Waals surface area contributed by atoms with E-state index in [9.17, 15) is 0 Å². The Labute approximate surface area is 125 Å². The van der Waals surface area contributed by atoms with Crippen molar-refractivity contribution in [3.8, 4) is 11.8 Å². The zero-order chi connectivity index (χ0) is 14.8. The molecule has 0 aliphatic carbocycles. The lowest BCUT2D eigenvalue weighted by Crippen LogP contribution is -2.08. The van der Waals surface area contributed by atoms with Gasteiger partial charge in [-0.25, -0.2) is 0 Å². The number of hydrogen-bond donors (Lipinski definition) is 0. The van der Waals surface area contributed by atoms with Crippen LogP contribution in [0, 0.1) is 11.3 Å². The van der Waals surface area contributed by atoms with Crippen molar-refractivity contribution in [3.05, 3.63) is 59.9 Å². The Kier molecular flexibility index (Phi) is 6.24. The van der Waals surface area contributed by atoms with Gasteiger partial charge in [-0.1, -0.05) is 0 Å². The molecular weight excluding hydrogens is 264 g/mol. The van der Waals surface area contributed by atoms with E-state index in [0.717, 1.165) is 25.2 Å². The number of nitriles is 1. The van der Waals surface area contributed by atoms with Gasteiger partial charge in [0, 0.05) is 19.0 Å². The molecule has 1 heterocycles. The van der Waals surface area contributed by atoms with E-state index in [0.29, 0.717) is 18.8 Å². The molecule has 21 heavy (non-hydrogen) atoms. The maximum Gasteiger partial charge on any atom is 0.119 e. The third-order valence-electron chi connectivity index (χ3n) is 2.98. The lowest BCUT2D eigenvalue weighted by atomic mass is 10.1. The Balaban J connectivity index is 1.53. The van der Waals surface area contributed by atoms with Gasteiger partial charge in [0.15, 0.2) is 0 Å². The molecule has 1 aromatic heterocycles. The lowest BCUT2D eigenvalue weighted by Gasteiger charge is -2.07. The van der Waals surface area contributed by atoms with Crippen LogP contribution in [0.25, 0.3) is 0 Å². The van der Waals surface area contributed by atoms with Gasteiger partial charge in [-0.05, 0) is 54.8 Å². The van der Waals surface area contributed by atoms with Crippen molar-refractivity contribution < 1.29 is 9.47 Å². The van der Waals surface area contributed by atoms with E-state index < -0.39 is 0 Å². The molecule has 0 spiro atoms. The molecule has 0 fully saturated rings. The zero-order valence-corrected chi connectivity index (χ0v) is 11.9. The highest BCUT2D eigenvalue weighted by Crippen LogP contribution is 2.11. The van der Waals surface area contributed by atoms with Crippen LogP contribution in [0.15, 0.2) is 48.8 Å². The molecule has 0 saturated carbocycles. The highest BCUT2D eigenvalue weighted by atomic mass is 16.5. The molecule has 4 heteroatoms. The van der Waals surface area contributed by atoms with Gasteiger partial charge < -0.3 is 9.47 Å². The Morgan fingerprint density at radius 1 is 0.952 bits per heavy atom. The standard InChI is InChI=1S/C17H18N2O2/c18-14-16-3-5-17(6-4-16)21-13-12-20-11-1-2-15-7-9-19-10-8-15/h3-10H,1-2,11-13H2. The molecule has 0 N–H and O–H groups in total. The van der Waals surface area contributed by atoms with Crippen LogP contribution in [-0.4, -0.2) is 24.8 Å². The smallest absolute Gasteiger partial charge is 0.119 e. The van der Waals surface area contributed by atoms with Gasteiger partial charge in [-0.15, -0.1) is 0 Å². The molecule has 2 aromatic rings. The van der Waals surface area contributed by atoms with Crippen LogP contribution >= 0.6 is 0 Å². The van der Waals surface area contributed by atoms with E-state index >= 15 is 0 Å². The van der Waals surface area contributed by atoms with E-state index in [4.69, 9.17) is 14.7 Å². The van der Waals surface area contributed by atoms with Crippen LogP contribution in [0.3, 0.4) is 0 Å². The fraction of sp³-hybridized carbons (Fsp3) is 0.294. The Morgan fingerprint density at radius 2 is 1.71 bits per heavy atom. The average Bonchev–Trinajstić information content (AvgIpc) is 2.55. The average molecular weight is 282 g/mol. The van der Waals surface area contributed by atoms with Gasteiger partial charge in [0.05, 0.1) is 18.2 Å². The van der Waals surface area contributed by atoms with E-state index in [1.807, 2.05) is 24.5 Å². The summed E-state index contributed by atoms with van der Waals surface area (Å²) in [5.74, 6) is 0.759. The van der Waals surface area contributed by atoms with Gasteiger partial charge in [0.1, 0.15) is 12.4 Å². The highest BCUT2D eigenvalue weighted by molar-refractivity contribution is 5.34. The number of rotatable bonds is 8. The highest BCUT2D eigenvalue weighted by Gasteiger charge is 1.96. The second-order valence-corrected chi connectivity index (χ2v) is 4.56. The summed E-state index contributed by atoms with van der Waals surface area (Å²) in [6.45, 7) is 1.80. The van der Waals surface area contributed by atoms with Crippen molar-refractivity contribution in [2.24, 2.45) is 0 Å². The first-order valence-electron chi connectivity index (χ1n) is 6.98. The van der Waals surface area contributed by atoms with Crippen molar-refractivity contribution in [2.75, 3.05) is 19.8 Å². The predicted octanol–water partition coefficient (Wildman–Crippen LogP) is 2.98.